The fourth-order valence-corrected chi connectivity index (χ4v) is 1.19. The van der Waals surface area contributed by atoms with Gasteiger partial charge in [-0.1, -0.05) is 13.8 Å². The lowest BCUT2D eigenvalue weighted by Gasteiger charge is -2.10. The average molecular weight is 230 g/mol. The Morgan fingerprint density at radius 1 is 1.44 bits per heavy atom. The van der Waals surface area contributed by atoms with Crippen molar-refractivity contribution in [2.45, 2.75) is 13.8 Å². The lowest BCUT2D eigenvalue weighted by Crippen LogP contribution is -2.11. The Morgan fingerprint density at radius 3 is 2.56 bits per heavy atom. The van der Waals surface area contributed by atoms with E-state index in [0.717, 1.165) is 0 Å². The molecule has 0 aliphatic rings. The molecule has 88 valence electrons. The van der Waals surface area contributed by atoms with Crippen LogP contribution in [0.4, 0.5) is 20.2 Å². The van der Waals surface area contributed by atoms with Crippen LogP contribution in [0.2, 0.25) is 0 Å². The number of hydrogen-bond donors (Lipinski definition) is 1. The molecular formula is C10H12F2N2O2. The van der Waals surface area contributed by atoms with Crippen LogP contribution in [0.1, 0.15) is 13.8 Å². The maximum absolute atomic E-state index is 13.3. The van der Waals surface area contributed by atoms with Gasteiger partial charge in [0.25, 0.3) is 5.69 Å². The van der Waals surface area contributed by atoms with Crippen molar-refractivity contribution in [1.82, 2.24) is 0 Å². The van der Waals surface area contributed by atoms with Crippen LogP contribution in [0.25, 0.3) is 0 Å². The summed E-state index contributed by atoms with van der Waals surface area (Å²) in [4.78, 5) is 9.79. The summed E-state index contributed by atoms with van der Waals surface area (Å²) in [7, 11) is 0. The van der Waals surface area contributed by atoms with Crippen LogP contribution in [-0.4, -0.2) is 11.5 Å². The zero-order chi connectivity index (χ0) is 12.3. The molecule has 1 aromatic rings. The molecule has 1 aromatic carbocycles. The zero-order valence-electron chi connectivity index (χ0n) is 8.96. The van der Waals surface area contributed by atoms with Crippen LogP contribution in [0.15, 0.2) is 12.1 Å². The molecule has 0 aromatic heterocycles. The van der Waals surface area contributed by atoms with Crippen molar-refractivity contribution >= 4 is 11.4 Å². The molecule has 0 aliphatic heterocycles. The van der Waals surface area contributed by atoms with E-state index in [1.807, 2.05) is 13.8 Å². The lowest BCUT2D eigenvalue weighted by molar-refractivity contribution is -0.384. The van der Waals surface area contributed by atoms with E-state index < -0.39 is 22.2 Å². The van der Waals surface area contributed by atoms with Crippen molar-refractivity contribution < 1.29 is 13.7 Å². The van der Waals surface area contributed by atoms with E-state index in [4.69, 9.17) is 0 Å². The largest absolute Gasteiger partial charge is 0.377 e. The normalized spacial score (nSPS) is 10.6. The van der Waals surface area contributed by atoms with E-state index in [1.165, 1.54) is 0 Å². The molecule has 0 bridgehead atoms. The van der Waals surface area contributed by atoms with Crippen LogP contribution >= 0.6 is 0 Å². The molecular weight excluding hydrogens is 218 g/mol. The molecule has 1 N–H and O–H groups in total. The van der Waals surface area contributed by atoms with E-state index in [2.05, 4.69) is 5.32 Å². The van der Waals surface area contributed by atoms with E-state index in [1.54, 1.807) is 0 Å². The van der Waals surface area contributed by atoms with Gasteiger partial charge in [-0.15, -0.1) is 0 Å². The van der Waals surface area contributed by atoms with Gasteiger partial charge in [0, 0.05) is 12.6 Å². The quantitative estimate of drug-likeness (QED) is 0.639. The Morgan fingerprint density at radius 2 is 2.06 bits per heavy atom. The van der Waals surface area contributed by atoms with Gasteiger partial charge in [0.15, 0.2) is 5.82 Å². The van der Waals surface area contributed by atoms with E-state index in [-0.39, 0.29) is 11.6 Å². The monoisotopic (exact) mass is 230 g/mol. The number of nitro benzene ring substituents is 1. The van der Waals surface area contributed by atoms with Crippen molar-refractivity contribution in [3.63, 3.8) is 0 Å². The summed E-state index contributed by atoms with van der Waals surface area (Å²) in [6.07, 6.45) is 0. The Labute approximate surface area is 91.4 Å². The maximum Gasteiger partial charge on any atom is 0.298 e. The SMILES string of the molecule is CC(C)CNc1c(F)cc(F)cc1[N+](=O)[O-]. The summed E-state index contributed by atoms with van der Waals surface area (Å²) < 4.78 is 26.1. The molecule has 0 heterocycles. The number of benzene rings is 1. The number of nitrogens with one attached hydrogen (secondary N) is 1. The lowest BCUT2D eigenvalue weighted by atomic mass is 10.2. The molecule has 0 radical (unpaired) electrons. The summed E-state index contributed by atoms with van der Waals surface area (Å²) in [5, 5.41) is 13.2. The van der Waals surface area contributed by atoms with E-state index >= 15 is 0 Å². The van der Waals surface area contributed by atoms with Gasteiger partial charge in [-0.2, -0.15) is 0 Å². The minimum atomic E-state index is -0.959. The number of hydrogen-bond acceptors (Lipinski definition) is 3. The highest BCUT2D eigenvalue weighted by atomic mass is 19.1. The third-order valence-corrected chi connectivity index (χ3v) is 1.92. The minimum absolute atomic E-state index is 0.198. The average Bonchev–Trinajstić information content (AvgIpc) is 2.14. The molecule has 4 nitrogen and oxygen atoms in total. The van der Waals surface area contributed by atoms with Gasteiger partial charge < -0.3 is 5.32 Å². The first-order valence-corrected chi connectivity index (χ1v) is 4.79. The van der Waals surface area contributed by atoms with Gasteiger partial charge in [0.2, 0.25) is 0 Å². The zero-order valence-corrected chi connectivity index (χ0v) is 8.96. The highest BCUT2D eigenvalue weighted by Crippen LogP contribution is 2.28. The van der Waals surface area contributed by atoms with Crippen molar-refractivity contribution in [2.75, 3.05) is 11.9 Å². The Kier molecular flexibility index (Phi) is 3.76. The van der Waals surface area contributed by atoms with Gasteiger partial charge in [0.1, 0.15) is 11.5 Å². The molecule has 0 aliphatic carbocycles. The number of nitro groups is 1. The van der Waals surface area contributed by atoms with Gasteiger partial charge in [0.05, 0.1) is 11.0 Å². The van der Waals surface area contributed by atoms with Crippen LogP contribution in [0.3, 0.4) is 0 Å². The second kappa shape index (κ2) is 4.87. The van der Waals surface area contributed by atoms with Gasteiger partial charge in [-0.25, -0.2) is 8.78 Å². The van der Waals surface area contributed by atoms with Crippen LogP contribution in [0, 0.1) is 27.7 Å². The van der Waals surface area contributed by atoms with Crippen LogP contribution < -0.4 is 5.32 Å². The first kappa shape index (κ1) is 12.4. The Balaban J connectivity index is 3.09. The smallest absolute Gasteiger partial charge is 0.298 e. The van der Waals surface area contributed by atoms with Crippen molar-refractivity contribution in [3.8, 4) is 0 Å². The number of nitrogens with zero attached hydrogens (tertiary/aromatic N) is 1. The topological polar surface area (TPSA) is 55.2 Å². The standard InChI is InChI=1S/C10H12F2N2O2/c1-6(2)5-13-10-8(12)3-7(11)4-9(10)14(15)16/h3-4,6,13H,5H2,1-2H3. The molecule has 0 amide bonds. The molecule has 0 spiro atoms. The van der Waals surface area contributed by atoms with Crippen molar-refractivity contribution in [2.24, 2.45) is 5.92 Å². The highest BCUT2D eigenvalue weighted by Gasteiger charge is 2.20. The summed E-state index contributed by atoms with van der Waals surface area (Å²) in [5.41, 5.74) is -0.849. The van der Waals surface area contributed by atoms with Gasteiger partial charge >= 0.3 is 0 Å². The second-order valence-corrected chi connectivity index (χ2v) is 3.81. The Bertz CT molecular complexity index is 408. The summed E-state index contributed by atoms with van der Waals surface area (Å²) in [6, 6.07) is 1.32. The fourth-order valence-electron chi connectivity index (χ4n) is 1.19. The first-order valence-electron chi connectivity index (χ1n) is 4.79. The predicted molar refractivity (Wildman–Crippen MR) is 56.3 cm³/mol. The molecule has 0 fully saturated rings. The molecule has 0 atom stereocenters. The third kappa shape index (κ3) is 2.88. The molecule has 0 unspecified atom stereocenters. The first-order chi connectivity index (χ1) is 7.41. The summed E-state index contributed by atoms with van der Waals surface area (Å²) in [6.45, 7) is 4.13. The molecule has 0 saturated carbocycles. The predicted octanol–water partition coefficient (Wildman–Crippen LogP) is 2.94. The fraction of sp³-hybridized carbons (Fsp3) is 0.400. The van der Waals surface area contributed by atoms with Crippen molar-refractivity contribution in [1.29, 1.82) is 0 Å². The molecule has 6 heteroatoms. The summed E-state index contributed by atoms with van der Waals surface area (Å²) in [5.74, 6) is -1.71. The van der Waals surface area contributed by atoms with E-state index in [9.17, 15) is 18.9 Å². The molecule has 1 rings (SSSR count). The number of halogens is 2. The number of rotatable bonds is 4. The molecule has 16 heavy (non-hydrogen) atoms. The van der Waals surface area contributed by atoms with Crippen molar-refractivity contribution in [3.05, 3.63) is 33.9 Å². The summed E-state index contributed by atoms with van der Waals surface area (Å²) >= 11 is 0. The third-order valence-electron chi connectivity index (χ3n) is 1.92. The highest BCUT2D eigenvalue weighted by molar-refractivity contribution is 5.62. The van der Waals surface area contributed by atoms with Crippen LogP contribution in [-0.2, 0) is 0 Å². The minimum Gasteiger partial charge on any atom is -0.377 e. The van der Waals surface area contributed by atoms with E-state index in [0.29, 0.717) is 18.7 Å². The van der Waals surface area contributed by atoms with Gasteiger partial charge in [-0.05, 0) is 5.92 Å². The molecule has 0 saturated heterocycles. The number of anilines is 1. The van der Waals surface area contributed by atoms with Gasteiger partial charge in [-0.3, -0.25) is 10.1 Å². The second-order valence-electron chi connectivity index (χ2n) is 3.81. The maximum atomic E-state index is 13.3. The van der Waals surface area contributed by atoms with Crippen LogP contribution in [0.5, 0.6) is 0 Å². The Hall–Kier alpha value is -1.72.